The van der Waals surface area contributed by atoms with Gasteiger partial charge in [0.05, 0.1) is 5.60 Å². The molecule has 0 aromatic carbocycles. The molecule has 1 heterocycles. The van der Waals surface area contributed by atoms with Gasteiger partial charge in [-0.25, -0.2) is 4.79 Å². The molecule has 0 saturated carbocycles. The van der Waals surface area contributed by atoms with Crippen LogP contribution in [0.3, 0.4) is 0 Å². The number of aryl methyl sites for hydroxylation is 1. The summed E-state index contributed by atoms with van der Waals surface area (Å²) in [6, 6.07) is 0. The van der Waals surface area contributed by atoms with Gasteiger partial charge in [-0.05, 0) is 20.8 Å². The molecule has 0 spiro atoms. The molecule has 1 aromatic rings. The average Bonchev–Trinajstić information content (AvgIpc) is 2.29. The summed E-state index contributed by atoms with van der Waals surface area (Å²) in [6.07, 6.45) is 1.47. The lowest BCUT2D eigenvalue weighted by Crippen LogP contribution is -2.28. The van der Waals surface area contributed by atoms with E-state index in [1.165, 1.54) is 15.6 Å². The fourth-order valence-electron chi connectivity index (χ4n) is 0.764. The molecule has 5 nitrogen and oxygen atoms in total. The maximum absolute atomic E-state index is 11.3. The average molecular weight is 185 g/mol. The Kier molecular flexibility index (Phi) is 2.56. The van der Waals surface area contributed by atoms with Crippen LogP contribution in [0.5, 0.6) is 0 Å². The van der Waals surface area contributed by atoms with Crippen molar-refractivity contribution in [3.63, 3.8) is 0 Å². The first-order valence-electron chi connectivity index (χ1n) is 4.12. The number of aromatic nitrogens is 3. The molecule has 0 unspecified atom stereocenters. The monoisotopic (exact) mass is 185 g/mol. The van der Waals surface area contributed by atoms with Crippen molar-refractivity contribution in [2.75, 3.05) is 0 Å². The van der Waals surface area contributed by atoms with E-state index in [-0.39, 0.29) is 18.0 Å². The van der Waals surface area contributed by atoms with Gasteiger partial charge < -0.3 is 4.74 Å². The lowest BCUT2D eigenvalue weighted by Gasteiger charge is -2.18. The molecule has 0 atom stereocenters. The second-order valence-electron chi connectivity index (χ2n) is 3.91. The minimum Gasteiger partial charge on any atom is -0.353 e. The molecule has 0 radical (unpaired) electrons. The van der Waals surface area contributed by atoms with Crippen molar-refractivity contribution in [1.29, 1.82) is 0 Å². The van der Waals surface area contributed by atoms with Gasteiger partial charge in [0.15, 0.2) is 0 Å². The predicted molar refractivity (Wildman–Crippen MR) is 48.3 cm³/mol. The van der Waals surface area contributed by atoms with Gasteiger partial charge in [-0.1, -0.05) is 0 Å². The van der Waals surface area contributed by atoms with Crippen LogP contribution in [0.25, 0.3) is 0 Å². The van der Waals surface area contributed by atoms with Gasteiger partial charge in [-0.3, -0.25) is 4.57 Å². The van der Waals surface area contributed by atoms with E-state index in [1.54, 1.807) is 7.05 Å². The van der Waals surface area contributed by atoms with E-state index in [1.807, 2.05) is 20.8 Å². The van der Waals surface area contributed by atoms with Crippen LogP contribution in [0.15, 0.2) is 11.1 Å². The first-order chi connectivity index (χ1) is 5.90. The summed E-state index contributed by atoms with van der Waals surface area (Å²) in [5.41, 5.74) is -0.416. The molecule has 13 heavy (non-hydrogen) atoms. The van der Waals surface area contributed by atoms with Crippen LogP contribution in [0, 0.1) is 0 Å². The third kappa shape index (κ3) is 2.69. The number of nitrogens with zero attached hydrogens (tertiary/aromatic N) is 3. The normalized spacial score (nSPS) is 12.0. The van der Waals surface area contributed by atoms with E-state index in [4.69, 9.17) is 4.74 Å². The van der Waals surface area contributed by atoms with Crippen LogP contribution in [0.1, 0.15) is 20.8 Å². The lowest BCUT2D eigenvalue weighted by molar-refractivity contribution is -0.0495. The molecule has 0 fully saturated rings. The molecule has 1 rings (SSSR count). The molecular formula is C8H15N3O2. The van der Waals surface area contributed by atoms with Crippen molar-refractivity contribution >= 4 is 0 Å². The fraction of sp³-hybridized carbons (Fsp3) is 0.750. The molecule has 0 amide bonds. The second-order valence-corrected chi connectivity index (χ2v) is 3.91. The Hall–Kier alpha value is -1.10. The molecule has 0 bridgehead atoms. The first-order valence-corrected chi connectivity index (χ1v) is 4.12. The minimum atomic E-state index is -0.253. The van der Waals surface area contributed by atoms with Crippen molar-refractivity contribution < 1.29 is 4.74 Å². The zero-order valence-electron chi connectivity index (χ0n) is 8.44. The van der Waals surface area contributed by atoms with Crippen molar-refractivity contribution in [1.82, 2.24) is 14.3 Å². The van der Waals surface area contributed by atoms with Crippen LogP contribution >= 0.6 is 0 Å². The Morgan fingerprint density at radius 1 is 1.54 bits per heavy atom. The van der Waals surface area contributed by atoms with Crippen LogP contribution in [0.4, 0.5) is 0 Å². The zero-order chi connectivity index (χ0) is 10.1. The van der Waals surface area contributed by atoms with E-state index >= 15 is 0 Å². The number of hydrogen-bond donors (Lipinski definition) is 0. The Labute approximate surface area is 76.9 Å². The SMILES string of the molecule is Cn1cnn(COC(C)(C)C)c1=O. The molecule has 0 aliphatic rings. The molecule has 0 N–H and O–H groups in total. The number of rotatable bonds is 2. The third-order valence-corrected chi connectivity index (χ3v) is 1.51. The third-order valence-electron chi connectivity index (χ3n) is 1.51. The molecule has 1 aromatic heterocycles. The van der Waals surface area contributed by atoms with Crippen LogP contribution in [-0.4, -0.2) is 19.9 Å². The van der Waals surface area contributed by atoms with Crippen molar-refractivity contribution in [3.05, 3.63) is 16.8 Å². The van der Waals surface area contributed by atoms with E-state index < -0.39 is 0 Å². The number of hydrogen-bond acceptors (Lipinski definition) is 3. The molecule has 5 heteroatoms. The van der Waals surface area contributed by atoms with E-state index in [0.29, 0.717) is 0 Å². The summed E-state index contributed by atoms with van der Waals surface area (Å²) >= 11 is 0. The zero-order valence-corrected chi connectivity index (χ0v) is 8.44. The van der Waals surface area contributed by atoms with E-state index in [0.717, 1.165) is 0 Å². The van der Waals surface area contributed by atoms with Gasteiger partial charge in [-0.2, -0.15) is 9.78 Å². The van der Waals surface area contributed by atoms with Crippen LogP contribution in [0.2, 0.25) is 0 Å². The first kappa shape index (κ1) is 9.98. The molecule has 0 saturated heterocycles. The predicted octanol–water partition coefficient (Wildman–Crippen LogP) is 0.354. The molecular weight excluding hydrogens is 170 g/mol. The lowest BCUT2D eigenvalue weighted by atomic mass is 10.2. The largest absolute Gasteiger partial charge is 0.353 e. The van der Waals surface area contributed by atoms with Gasteiger partial charge in [-0.15, -0.1) is 0 Å². The van der Waals surface area contributed by atoms with Gasteiger partial charge in [0.25, 0.3) is 0 Å². The van der Waals surface area contributed by atoms with Gasteiger partial charge in [0, 0.05) is 7.05 Å². The van der Waals surface area contributed by atoms with Crippen LogP contribution in [-0.2, 0) is 18.5 Å². The summed E-state index contributed by atoms with van der Waals surface area (Å²) < 4.78 is 8.09. The van der Waals surface area contributed by atoms with Crippen LogP contribution < -0.4 is 5.69 Å². The summed E-state index contributed by atoms with van der Waals surface area (Å²) in [5, 5.41) is 3.86. The second kappa shape index (κ2) is 3.33. The van der Waals surface area contributed by atoms with Crippen molar-refractivity contribution in [2.24, 2.45) is 7.05 Å². The highest BCUT2D eigenvalue weighted by Gasteiger charge is 2.11. The smallest absolute Gasteiger partial charge is 0.347 e. The van der Waals surface area contributed by atoms with Gasteiger partial charge >= 0.3 is 5.69 Å². The van der Waals surface area contributed by atoms with E-state index in [9.17, 15) is 4.79 Å². The summed E-state index contributed by atoms with van der Waals surface area (Å²) in [4.78, 5) is 11.3. The highest BCUT2D eigenvalue weighted by Crippen LogP contribution is 2.06. The molecule has 74 valence electrons. The standard InChI is InChI=1S/C8H15N3O2/c1-8(2,3)13-6-11-7(12)10(4)5-9-11/h5H,6H2,1-4H3. The Morgan fingerprint density at radius 3 is 2.54 bits per heavy atom. The molecule has 0 aliphatic heterocycles. The Bertz CT molecular complexity index is 332. The highest BCUT2D eigenvalue weighted by molar-refractivity contribution is 4.64. The highest BCUT2D eigenvalue weighted by atomic mass is 16.5. The Balaban J connectivity index is 2.66. The van der Waals surface area contributed by atoms with Gasteiger partial charge in [0.1, 0.15) is 13.1 Å². The van der Waals surface area contributed by atoms with Crippen molar-refractivity contribution in [2.45, 2.75) is 33.1 Å². The minimum absolute atomic E-state index is 0.163. The Morgan fingerprint density at radius 2 is 2.15 bits per heavy atom. The summed E-state index contributed by atoms with van der Waals surface area (Å²) in [7, 11) is 1.66. The van der Waals surface area contributed by atoms with Gasteiger partial charge in [0.2, 0.25) is 0 Å². The summed E-state index contributed by atoms with van der Waals surface area (Å²) in [5.74, 6) is 0. The quantitative estimate of drug-likeness (QED) is 0.668. The maximum atomic E-state index is 11.3. The summed E-state index contributed by atoms with van der Waals surface area (Å²) in [6.45, 7) is 5.99. The topological polar surface area (TPSA) is 49.0 Å². The fourth-order valence-corrected chi connectivity index (χ4v) is 0.764. The molecule has 0 aliphatic carbocycles. The van der Waals surface area contributed by atoms with Crippen molar-refractivity contribution in [3.8, 4) is 0 Å². The van der Waals surface area contributed by atoms with E-state index in [2.05, 4.69) is 5.10 Å². The maximum Gasteiger partial charge on any atom is 0.347 e. The number of ether oxygens (including phenoxy) is 1.